The van der Waals surface area contributed by atoms with Crippen LogP contribution in [0.2, 0.25) is 0 Å². The molecule has 1 heterocycles. The fourth-order valence-electron chi connectivity index (χ4n) is 2.12. The Bertz CT molecular complexity index is 711. The van der Waals surface area contributed by atoms with Crippen molar-refractivity contribution in [2.75, 3.05) is 5.32 Å². The minimum absolute atomic E-state index is 0.0638. The first-order chi connectivity index (χ1) is 10.4. The molecule has 4 nitrogen and oxygen atoms in total. The average molecular weight is 307 g/mol. The third-order valence-electron chi connectivity index (χ3n) is 3.40. The highest BCUT2D eigenvalue weighted by atomic mass is 19.4. The molecule has 1 aromatic heterocycles. The van der Waals surface area contributed by atoms with Crippen LogP contribution in [0.3, 0.4) is 0 Å². The SMILES string of the molecule is O=C(Nc1ccccc1C(F)(F)F)c1cc(C2CC2)ncn1. The predicted molar refractivity (Wildman–Crippen MR) is 73.4 cm³/mol. The van der Waals surface area contributed by atoms with Crippen LogP contribution in [-0.4, -0.2) is 15.9 Å². The molecule has 1 aliphatic rings. The van der Waals surface area contributed by atoms with Gasteiger partial charge in [0.05, 0.1) is 11.3 Å². The van der Waals surface area contributed by atoms with Crippen LogP contribution in [0.25, 0.3) is 0 Å². The summed E-state index contributed by atoms with van der Waals surface area (Å²) in [6.45, 7) is 0. The third kappa shape index (κ3) is 3.08. The Labute approximate surface area is 124 Å². The van der Waals surface area contributed by atoms with Gasteiger partial charge >= 0.3 is 6.18 Å². The summed E-state index contributed by atoms with van der Waals surface area (Å²) in [5.41, 5.74) is -0.357. The fraction of sp³-hybridized carbons (Fsp3) is 0.267. The molecule has 0 bridgehead atoms. The Morgan fingerprint density at radius 1 is 1.18 bits per heavy atom. The number of alkyl halides is 3. The van der Waals surface area contributed by atoms with E-state index in [0.717, 1.165) is 24.6 Å². The zero-order valence-electron chi connectivity index (χ0n) is 11.4. The second-order valence-electron chi connectivity index (χ2n) is 5.10. The van der Waals surface area contributed by atoms with E-state index in [1.165, 1.54) is 30.6 Å². The molecule has 0 aliphatic heterocycles. The Kier molecular flexibility index (Phi) is 3.56. The van der Waals surface area contributed by atoms with Crippen LogP contribution in [-0.2, 0) is 6.18 Å². The van der Waals surface area contributed by atoms with E-state index >= 15 is 0 Å². The molecule has 1 saturated carbocycles. The molecule has 0 atom stereocenters. The van der Waals surface area contributed by atoms with Crippen molar-refractivity contribution in [3.05, 3.63) is 53.6 Å². The van der Waals surface area contributed by atoms with Gasteiger partial charge in [0.15, 0.2) is 0 Å². The smallest absolute Gasteiger partial charge is 0.320 e. The highest BCUT2D eigenvalue weighted by Crippen LogP contribution is 2.39. The number of para-hydroxylation sites is 1. The lowest BCUT2D eigenvalue weighted by atomic mass is 10.1. The number of benzene rings is 1. The molecule has 2 aromatic rings. The van der Waals surface area contributed by atoms with Crippen LogP contribution in [0.5, 0.6) is 0 Å². The number of carbonyl (C=O) groups excluding carboxylic acids is 1. The van der Waals surface area contributed by atoms with Crippen molar-refractivity contribution in [1.82, 2.24) is 9.97 Å². The van der Waals surface area contributed by atoms with Crippen molar-refractivity contribution >= 4 is 11.6 Å². The van der Waals surface area contributed by atoms with E-state index in [1.54, 1.807) is 0 Å². The second kappa shape index (κ2) is 5.40. The number of nitrogens with one attached hydrogen (secondary N) is 1. The molecule has 0 radical (unpaired) electrons. The highest BCUT2D eigenvalue weighted by Gasteiger charge is 2.33. The first-order valence-electron chi connectivity index (χ1n) is 6.74. The molecular weight excluding hydrogens is 295 g/mol. The summed E-state index contributed by atoms with van der Waals surface area (Å²) in [4.78, 5) is 20.0. The molecular formula is C15H12F3N3O. The van der Waals surface area contributed by atoms with E-state index in [0.29, 0.717) is 5.92 Å². The van der Waals surface area contributed by atoms with E-state index < -0.39 is 17.6 Å². The zero-order chi connectivity index (χ0) is 15.7. The standard InChI is InChI=1S/C15H12F3N3O/c16-15(17,18)10-3-1-2-4-11(10)21-14(22)13-7-12(9-5-6-9)19-8-20-13/h1-4,7-9H,5-6H2,(H,21,22). The van der Waals surface area contributed by atoms with E-state index in [1.807, 2.05) is 0 Å². The third-order valence-corrected chi connectivity index (χ3v) is 3.40. The minimum Gasteiger partial charge on any atom is -0.320 e. The van der Waals surface area contributed by atoms with E-state index in [-0.39, 0.29) is 11.4 Å². The van der Waals surface area contributed by atoms with Crippen molar-refractivity contribution < 1.29 is 18.0 Å². The molecule has 1 N–H and O–H groups in total. The Morgan fingerprint density at radius 2 is 1.91 bits per heavy atom. The molecule has 1 aliphatic carbocycles. The largest absolute Gasteiger partial charge is 0.418 e. The van der Waals surface area contributed by atoms with Crippen LogP contribution >= 0.6 is 0 Å². The Morgan fingerprint density at radius 3 is 2.59 bits per heavy atom. The number of rotatable bonds is 3. The van der Waals surface area contributed by atoms with Crippen LogP contribution in [0.1, 0.15) is 40.5 Å². The number of carbonyl (C=O) groups is 1. The Hall–Kier alpha value is -2.44. The maximum atomic E-state index is 12.9. The molecule has 0 saturated heterocycles. The molecule has 7 heteroatoms. The number of halogens is 3. The van der Waals surface area contributed by atoms with Gasteiger partial charge in [-0.25, -0.2) is 9.97 Å². The predicted octanol–water partition coefficient (Wildman–Crippen LogP) is 3.63. The van der Waals surface area contributed by atoms with Gasteiger partial charge in [-0.15, -0.1) is 0 Å². The summed E-state index contributed by atoms with van der Waals surface area (Å²) >= 11 is 0. The number of hydrogen-bond acceptors (Lipinski definition) is 3. The summed E-state index contributed by atoms with van der Waals surface area (Å²) in [7, 11) is 0. The summed E-state index contributed by atoms with van der Waals surface area (Å²) < 4.78 is 38.7. The van der Waals surface area contributed by atoms with Gasteiger partial charge in [-0.1, -0.05) is 12.1 Å². The van der Waals surface area contributed by atoms with E-state index in [4.69, 9.17) is 0 Å². The normalized spacial score (nSPS) is 14.7. The van der Waals surface area contributed by atoms with Gasteiger partial charge in [-0.3, -0.25) is 4.79 Å². The number of hydrogen-bond donors (Lipinski definition) is 1. The van der Waals surface area contributed by atoms with Gasteiger partial charge in [0.1, 0.15) is 12.0 Å². The second-order valence-corrected chi connectivity index (χ2v) is 5.10. The average Bonchev–Trinajstić information content (AvgIpc) is 3.31. The lowest BCUT2D eigenvalue weighted by molar-refractivity contribution is -0.136. The van der Waals surface area contributed by atoms with Crippen molar-refractivity contribution in [3.63, 3.8) is 0 Å². The minimum atomic E-state index is -4.53. The maximum absolute atomic E-state index is 12.9. The molecule has 1 fully saturated rings. The first-order valence-corrected chi connectivity index (χ1v) is 6.74. The maximum Gasteiger partial charge on any atom is 0.418 e. The molecule has 1 aromatic carbocycles. The quantitative estimate of drug-likeness (QED) is 0.942. The molecule has 0 spiro atoms. The highest BCUT2D eigenvalue weighted by molar-refractivity contribution is 6.03. The number of amides is 1. The lowest BCUT2D eigenvalue weighted by Gasteiger charge is -2.13. The number of anilines is 1. The first kappa shape index (κ1) is 14.5. The van der Waals surface area contributed by atoms with Gasteiger partial charge in [0.25, 0.3) is 5.91 Å². The van der Waals surface area contributed by atoms with E-state index in [9.17, 15) is 18.0 Å². The fourth-order valence-corrected chi connectivity index (χ4v) is 2.12. The summed E-state index contributed by atoms with van der Waals surface area (Å²) in [5.74, 6) is -0.349. The number of nitrogens with zero attached hydrogens (tertiary/aromatic N) is 2. The summed E-state index contributed by atoms with van der Waals surface area (Å²) in [6, 6.07) is 6.37. The van der Waals surface area contributed by atoms with Gasteiger partial charge < -0.3 is 5.32 Å². The zero-order valence-corrected chi connectivity index (χ0v) is 11.4. The van der Waals surface area contributed by atoms with Gasteiger partial charge in [-0.05, 0) is 31.0 Å². The van der Waals surface area contributed by atoms with Crippen LogP contribution in [0.15, 0.2) is 36.7 Å². The lowest BCUT2D eigenvalue weighted by Crippen LogP contribution is -2.18. The van der Waals surface area contributed by atoms with Crippen molar-refractivity contribution in [2.45, 2.75) is 24.9 Å². The van der Waals surface area contributed by atoms with Gasteiger partial charge in [0, 0.05) is 11.6 Å². The van der Waals surface area contributed by atoms with Crippen molar-refractivity contribution in [2.24, 2.45) is 0 Å². The molecule has 22 heavy (non-hydrogen) atoms. The van der Waals surface area contributed by atoms with E-state index in [2.05, 4.69) is 15.3 Å². The molecule has 114 valence electrons. The monoisotopic (exact) mass is 307 g/mol. The summed E-state index contributed by atoms with van der Waals surface area (Å²) in [5, 5.41) is 2.27. The van der Waals surface area contributed by atoms with Crippen LogP contribution < -0.4 is 5.32 Å². The summed E-state index contributed by atoms with van der Waals surface area (Å²) in [6.07, 6.45) is -1.25. The van der Waals surface area contributed by atoms with Crippen molar-refractivity contribution in [1.29, 1.82) is 0 Å². The van der Waals surface area contributed by atoms with Crippen molar-refractivity contribution in [3.8, 4) is 0 Å². The van der Waals surface area contributed by atoms with Crippen LogP contribution in [0, 0.1) is 0 Å². The van der Waals surface area contributed by atoms with Gasteiger partial charge in [-0.2, -0.15) is 13.2 Å². The molecule has 1 amide bonds. The Balaban J connectivity index is 1.84. The molecule has 0 unspecified atom stereocenters. The molecule has 3 rings (SSSR count). The van der Waals surface area contributed by atoms with Crippen LogP contribution in [0.4, 0.5) is 18.9 Å². The van der Waals surface area contributed by atoms with Gasteiger partial charge in [0.2, 0.25) is 0 Å². The number of aromatic nitrogens is 2. The topological polar surface area (TPSA) is 54.9 Å².